The zero-order chi connectivity index (χ0) is 17.3. The van der Waals surface area contributed by atoms with Crippen molar-refractivity contribution in [3.8, 4) is 0 Å². The lowest BCUT2D eigenvalue weighted by atomic mass is 10.0. The van der Waals surface area contributed by atoms with Crippen molar-refractivity contribution in [2.45, 2.75) is 51.4 Å². The summed E-state index contributed by atoms with van der Waals surface area (Å²) in [5, 5.41) is 14.1. The predicted octanol–water partition coefficient (Wildman–Crippen LogP) is 3.64. The molecule has 1 aliphatic heterocycles. The number of carbonyl (C=O) groups is 1. The molecule has 0 fully saturated rings. The Morgan fingerprint density at radius 2 is 1.96 bits per heavy atom. The summed E-state index contributed by atoms with van der Waals surface area (Å²) in [5.74, 6) is -0.962. The summed E-state index contributed by atoms with van der Waals surface area (Å²) in [4.78, 5) is 12.4. The number of benzene rings is 1. The summed E-state index contributed by atoms with van der Waals surface area (Å²) >= 11 is 0. The van der Waals surface area contributed by atoms with Crippen LogP contribution in [-0.2, 0) is 0 Å². The van der Waals surface area contributed by atoms with E-state index >= 15 is 0 Å². The van der Waals surface area contributed by atoms with Gasteiger partial charge in [0.1, 0.15) is 0 Å². The first kappa shape index (κ1) is 17.5. The molecule has 0 aromatic heterocycles. The third kappa shape index (κ3) is 3.39. The summed E-state index contributed by atoms with van der Waals surface area (Å²) in [5.41, 5.74) is -2.16. The number of alkyl halides is 3. The molecule has 23 heavy (non-hydrogen) atoms. The summed E-state index contributed by atoms with van der Waals surface area (Å²) in [6, 6.07) is 6.09. The van der Waals surface area contributed by atoms with Gasteiger partial charge in [0.15, 0.2) is 0 Å². The number of nitrogens with zero attached hydrogens (tertiary/aromatic N) is 2. The number of carbonyl (C=O) groups excluding carboxylic acids is 1. The second-order valence-corrected chi connectivity index (χ2v) is 5.74. The molecule has 7 heteroatoms. The van der Waals surface area contributed by atoms with E-state index in [1.54, 1.807) is 19.1 Å². The largest absolute Gasteiger partial charge is 0.438 e. The minimum Gasteiger partial charge on any atom is -0.362 e. The lowest BCUT2D eigenvalue weighted by molar-refractivity contribution is -0.297. The van der Waals surface area contributed by atoms with Gasteiger partial charge in [-0.05, 0) is 31.9 Å². The number of hydrazone groups is 1. The number of rotatable bonds is 4. The lowest BCUT2D eigenvalue weighted by Gasteiger charge is -2.32. The number of aryl methyl sites for hydroxylation is 1. The van der Waals surface area contributed by atoms with E-state index in [9.17, 15) is 23.1 Å². The fourth-order valence-corrected chi connectivity index (χ4v) is 2.39. The van der Waals surface area contributed by atoms with E-state index in [1.165, 1.54) is 12.1 Å². The molecule has 1 heterocycles. The Hall–Kier alpha value is -1.89. The molecule has 0 bridgehead atoms. The highest BCUT2D eigenvalue weighted by atomic mass is 19.4. The summed E-state index contributed by atoms with van der Waals surface area (Å²) in [6.07, 6.45) is -3.92. The van der Waals surface area contributed by atoms with Gasteiger partial charge in [0, 0.05) is 17.7 Å². The standard InChI is InChI=1S/C16H19F3N2O2/c1-3-4-5-13-10-15(23,16(17,18)19)21(20-13)14(22)12-8-6-11(2)7-9-12/h6-9,23H,3-5,10H2,1-2H3. The fraction of sp³-hybridized carbons (Fsp3) is 0.500. The Morgan fingerprint density at radius 3 is 2.48 bits per heavy atom. The zero-order valence-corrected chi connectivity index (χ0v) is 13.0. The Balaban J connectivity index is 2.35. The molecule has 1 aromatic carbocycles. The minimum atomic E-state index is -4.98. The molecule has 0 aliphatic carbocycles. The van der Waals surface area contributed by atoms with E-state index in [-0.39, 0.29) is 16.3 Å². The van der Waals surface area contributed by atoms with Gasteiger partial charge in [-0.1, -0.05) is 31.0 Å². The van der Waals surface area contributed by atoms with Crippen molar-refractivity contribution in [1.29, 1.82) is 0 Å². The van der Waals surface area contributed by atoms with Crippen LogP contribution in [0.1, 0.15) is 48.5 Å². The Morgan fingerprint density at radius 1 is 1.35 bits per heavy atom. The van der Waals surface area contributed by atoms with Gasteiger partial charge in [-0.15, -0.1) is 0 Å². The van der Waals surface area contributed by atoms with Crippen LogP contribution in [0.4, 0.5) is 13.2 Å². The molecule has 0 radical (unpaired) electrons. The van der Waals surface area contributed by atoms with Crippen molar-refractivity contribution in [1.82, 2.24) is 5.01 Å². The SMILES string of the molecule is CCCCC1=NN(C(=O)c2ccc(C)cc2)C(O)(C(F)(F)F)C1. The molecule has 126 valence electrons. The van der Waals surface area contributed by atoms with E-state index < -0.39 is 24.2 Å². The van der Waals surface area contributed by atoms with E-state index in [0.29, 0.717) is 12.8 Å². The van der Waals surface area contributed by atoms with Crippen molar-refractivity contribution in [3.05, 3.63) is 35.4 Å². The van der Waals surface area contributed by atoms with E-state index in [2.05, 4.69) is 5.10 Å². The molecule has 1 N–H and O–H groups in total. The molecular weight excluding hydrogens is 309 g/mol. The average molecular weight is 328 g/mol. The first-order chi connectivity index (χ1) is 10.7. The van der Waals surface area contributed by atoms with Gasteiger partial charge >= 0.3 is 6.18 Å². The van der Waals surface area contributed by atoms with Crippen molar-refractivity contribution in [2.75, 3.05) is 0 Å². The first-order valence-corrected chi connectivity index (χ1v) is 7.45. The van der Waals surface area contributed by atoms with E-state index in [4.69, 9.17) is 0 Å². The number of unbranched alkanes of at least 4 members (excludes halogenated alkanes) is 1. The maximum absolute atomic E-state index is 13.3. The molecule has 4 nitrogen and oxygen atoms in total. The number of hydrogen-bond acceptors (Lipinski definition) is 3. The zero-order valence-electron chi connectivity index (χ0n) is 13.0. The van der Waals surface area contributed by atoms with Crippen LogP contribution in [-0.4, -0.2) is 33.6 Å². The number of amides is 1. The summed E-state index contributed by atoms with van der Waals surface area (Å²) < 4.78 is 39.9. The molecule has 0 saturated carbocycles. The van der Waals surface area contributed by atoms with Gasteiger partial charge in [-0.25, -0.2) is 0 Å². The molecule has 1 atom stereocenters. The number of aliphatic hydroxyl groups is 1. The maximum atomic E-state index is 13.3. The molecule has 1 unspecified atom stereocenters. The monoisotopic (exact) mass is 328 g/mol. The molecule has 1 aliphatic rings. The van der Waals surface area contributed by atoms with Crippen LogP contribution < -0.4 is 0 Å². The maximum Gasteiger partial charge on any atom is 0.438 e. The second-order valence-electron chi connectivity index (χ2n) is 5.74. The van der Waals surface area contributed by atoms with Gasteiger partial charge in [-0.2, -0.15) is 23.3 Å². The van der Waals surface area contributed by atoms with Crippen LogP contribution in [0.3, 0.4) is 0 Å². The third-order valence-electron chi connectivity index (χ3n) is 3.81. The number of hydrogen-bond donors (Lipinski definition) is 1. The highest BCUT2D eigenvalue weighted by Crippen LogP contribution is 2.41. The van der Waals surface area contributed by atoms with Crippen LogP contribution in [0, 0.1) is 6.92 Å². The normalized spacial score (nSPS) is 21.5. The predicted molar refractivity (Wildman–Crippen MR) is 79.9 cm³/mol. The molecule has 1 aromatic rings. The Labute approximate surface area is 132 Å². The van der Waals surface area contributed by atoms with Crippen molar-refractivity contribution in [3.63, 3.8) is 0 Å². The van der Waals surface area contributed by atoms with E-state index in [1.807, 2.05) is 6.92 Å². The van der Waals surface area contributed by atoms with Gasteiger partial charge in [0.2, 0.25) is 0 Å². The van der Waals surface area contributed by atoms with Crippen molar-refractivity contribution in [2.24, 2.45) is 5.10 Å². The molecule has 2 rings (SSSR count). The Kier molecular flexibility index (Phi) is 4.79. The lowest BCUT2D eigenvalue weighted by Crippen LogP contribution is -2.56. The van der Waals surface area contributed by atoms with Gasteiger partial charge in [0.25, 0.3) is 11.6 Å². The van der Waals surface area contributed by atoms with Crippen LogP contribution in [0.5, 0.6) is 0 Å². The van der Waals surface area contributed by atoms with Crippen LogP contribution in [0.2, 0.25) is 0 Å². The van der Waals surface area contributed by atoms with Crippen LogP contribution in [0.15, 0.2) is 29.4 Å². The van der Waals surface area contributed by atoms with Gasteiger partial charge in [-0.3, -0.25) is 4.79 Å². The molecule has 0 saturated heterocycles. The Bertz CT molecular complexity index is 611. The highest BCUT2D eigenvalue weighted by Gasteiger charge is 2.63. The van der Waals surface area contributed by atoms with Crippen molar-refractivity contribution >= 4 is 11.6 Å². The van der Waals surface area contributed by atoms with E-state index in [0.717, 1.165) is 12.0 Å². The summed E-state index contributed by atoms with van der Waals surface area (Å²) in [7, 11) is 0. The van der Waals surface area contributed by atoms with Crippen molar-refractivity contribution < 1.29 is 23.1 Å². The number of halogens is 3. The quantitative estimate of drug-likeness (QED) is 0.917. The minimum absolute atomic E-state index is 0.0544. The highest BCUT2D eigenvalue weighted by molar-refractivity contribution is 5.98. The second kappa shape index (κ2) is 6.31. The third-order valence-corrected chi connectivity index (χ3v) is 3.81. The van der Waals surface area contributed by atoms with Gasteiger partial charge in [0.05, 0.1) is 0 Å². The molecular formula is C16H19F3N2O2. The van der Waals surface area contributed by atoms with Gasteiger partial charge < -0.3 is 5.11 Å². The fourth-order valence-electron chi connectivity index (χ4n) is 2.39. The molecule has 0 spiro atoms. The summed E-state index contributed by atoms with van der Waals surface area (Å²) in [6.45, 7) is 3.71. The van der Waals surface area contributed by atoms with Crippen LogP contribution >= 0.6 is 0 Å². The first-order valence-electron chi connectivity index (χ1n) is 7.45. The smallest absolute Gasteiger partial charge is 0.362 e. The topological polar surface area (TPSA) is 52.9 Å². The van der Waals surface area contributed by atoms with Crippen LogP contribution in [0.25, 0.3) is 0 Å². The average Bonchev–Trinajstić information content (AvgIpc) is 2.83. The molecule has 1 amide bonds.